The SMILES string of the molecule is Cl.O=C(CCC1CCNCC1)NCc1ccc(NC(=O)c2ccco2)cc1. The highest BCUT2D eigenvalue weighted by Crippen LogP contribution is 2.17. The van der Waals surface area contributed by atoms with Gasteiger partial charge in [0.2, 0.25) is 5.91 Å². The molecule has 0 radical (unpaired) electrons. The van der Waals surface area contributed by atoms with Crippen molar-refractivity contribution in [2.24, 2.45) is 5.92 Å². The Morgan fingerprint density at radius 3 is 2.52 bits per heavy atom. The third kappa shape index (κ3) is 6.73. The second-order valence-corrected chi connectivity index (χ2v) is 6.64. The van der Waals surface area contributed by atoms with Crippen molar-refractivity contribution in [2.45, 2.75) is 32.2 Å². The lowest BCUT2D eigenvalue weighted by atomic mass is 9.93. The Bertz CT molecular complexity index is 711. The van der Waals surface area contributed by atoms with E-state index in [-0.39, 0.29) is 30.0 Å². The van der Waals surface area contributed by atoms with Crippen LogP contribution in [0.1, 0.15) is 41.8 Å². The van der Waals surface area contributed by atoms with Crippen molar-refractivity contribution in [1.82, 2.24) is 10.6 Å². The van der Waals surface area contributed by atoms with Gasteiger partial charge >= 0.3 is 0 Å². The molecule has 0 spiro atoms. The lowest BCUT2D eigenvalue weighted by Gasteiger charge is -2.22. The molecule has 27 heavy (non-hydrogen) atoms. The molecule has 6 nitrogen and oxygen atoms in total. The van der Waals surface area contributed by atoms with Gasteiger partial charge in [0.1, 0.15) is 0 Å². The van der Waals surface area contributed by atoms with Crippen molar-refractivity contribution < 1.29 is 14.0 Å². The van der Waals surface area contributed by atoms with Crippen LogP contribution < -0.4 is 16.0 Å². The molecule has 1 aromatic heterocycles. The van der Waals surface area contributed by atoms with Gasteiger partial charge in [0, 0.05) is 18.7 Å². The van der Waals surface area contributed by atoms with Crippen LogP contribution in [-0.2, 0) is 11.3 Å². The predicted octanol–water partition coefficient (Wildman–Crippen LogP) is 3.35. The maximum Gasteiger partial charge on any atom is 0.291 e. The molecule has 0 saturated carbocycles. The molecular formula is C20H26ClN3O3. The van der Waals surface area contributed by atoms with Crippen molar-refractivity contribution in [2.75, 3.05) is 18.4 Å². The molecule has 0 atom stereocenters. The normalized spacial score (nSPS) is 14.2. The number of piperidine rings is 1. The van der Waals surface area contributed by atoms with E-state index in [1.807, 2.05) is 24.3 Å². The quantitative estimate of drug-likeness (QED) is 0.675. The summed E-state index contributed by atoms with van der Waals surface area (Å²) in [5.74, 6) is 0.752. The molecule has 1 aliphatic heterocycles. The van der Waals surface area contributed by atoms with E-state index in [2.05, 4.69) is 16.0 Å². The van der Waals surface area contributed by atoms with Crippen LogP contribution >= 0.6 is 12.4 Å². The average molecular weight is 392 g/mol. The first-order valence-electron chi connectivity index (χ1n) is 9.12. The standard InChI is InChI=1S/C20H25N3O3.ClH/c24-19(8-5-15-9-11-21-12-10-15)22-14-16-3-6-17(7-4-16)23-20(25)18-2-1-13-26-18;/h1-4,6-7,13,15,21H,5,8-12,14H2,(H,22,24)(H,23,25);1H. The van der Waals surface area contributed by atoms with E-state index in [1.165, 1.54) is 19.1 Å². The monoisotopic (exact) mass is 391 g/mol. The smallest absolute Gasteiger partial charge is 0.291 e. The number of halogens is 1. The van der Waals surface area contributed by atoms with E-state index >= 15 is 0 Å². The Hall–Kier alpha value is -2.31. The molecule has 7 heteroatoms. The molecule has 1 fully saturated rings. The van der Waals surface area contributed by atoms with Crippen LogP contribution in [0.3, 0.4) is 0 Å². The third-order valence-electron chi connectivity index (χ3n) is 4.68. The summed E-state index contributed by atoms with van der Waals surface area (Å²) in [5.41, 5.74) is 1.68. The van der Waals surface area contributed by atoms with Crippen LogP contribution in [0.5, 0.6) is 0 Å². The van der Waals surface area contributed by atoms with E-state index in [0.717, 1.165) is 25.1 Å². The first-order chi connectivity index (χ1) is 12.7. The van der Waals surface area contributed by atoms with Gasteiger partial charge < -0.3 is 20.4 Å². The Morgan fingerprint density at radius 1 is 1.11 bits per heavy atom. The highest BCUT2D eigenvalue weighted by molar-refractivity contribution is 6.02. The second kappa shape index (κ2) is 10.7. The first kappa shape index (κ1) is 21.0. The second-order valence-electron chi connectivity index (χ2n) is 6.64. The topological polar surface area (TPSA) is 83.4 Å². The fourth-order valence-electron chi connectivity index (χ4n) is 3.10. The van der Waals surface area contributed by atoms with Crippen molar-refractivity contribution in [3.8, 4) is 0 Å². The van der Waals surface area contributed by atoms with Gasteiger partial charge in [-0.2, -0.15) is 0 Å². The van der Waals surface area contributed by atoms with Crippen molar-refractivity contribution in [1.29, 1.82) is 0 Å². The van der Waals surface area contributed by atoms with E-state index in [4.69, 9.17) is 4.42 Å². The average Bonchev–Trinajstić information content (AvgIpc) is 3.22. The fourth-order valence-corrected chi connectivity index (χ4v) is 3.10. The highest BCUT2D eigenvalue weighted by atomic mass is 35.5. The van der Waals surface area contributed by atoms with Crippen LogP contribution in [0, 0.1) is 5.92 Å². The van der Waals surface area contributed by atoms with Gasteiger partial charge in [0.05, 0.1) is 6.26 Å². The number of carbonyl (C=O) groups excluding carboxylic acids is 2. The maximum atomic E-state index is 12.0. The van der Waals surface area contributed by atoms with Crippen molar-refractivity contribution in [3.05, 3.63) is 54.0 Å². The van der Waals surface area contributed by atoms with Gasteiger partial charge in [-0.05, 0) is 68.1 Å². The number of nitrogens with one attached hydrogen (secondary N) is 3. The van der Waals surface area contributed by atoms with Crippen LogP contribution in [0.2, 0.25) is 0 Å². The molecule has 1 aromatic carbocycles. The van der Waals surface area contributed by atoms with E-state index in [0.29, 0.717) is 24.6 Å². The Labute approximate surface area is 165 Å². The summed E-state index contributed by atoms with van der Waals surface area (Å²) in [7, 11) is 0. The van der Waals surface area contributed by atoms with Crippen LogP contribution in [-0.4, -0.2) is 24.9 Å². The number of hydrogen-bond acceptors (Lipinski definition) is 4. The summed E-state index contributed by atoms with van der Waals surface area (Å²) in [6, 6.07) is 10.7. The van der Waals surface area contributed by atoms with Crippen LogP contribution in [0.25, 0.3) is 0 Å². The fraction of sp³-hybridized carbons (Fsp3) is 0.400. The Morgan fingerprint density at radius 2 is 1.85 bits per heavy atom. The number of carbonyl (C=O) groups is 2. The molecule has 2 amide bonds. The molecule has 2 aromatic rings. The maximum absolute atomic E-state index is 12.0. The summed E-state index contributed by atoms with van der Waals surface area (Å²) >= 11 is 0. The van der Waals surface area contributed by atoms with Gasteiger partial charge in [-0.25, -0.2) is 0 Å². The molecule has 3 N–H and O–H groups in total. The Balaban J connectivity index is 0.00000261. The molecular weight excluding hydrogens is 366 g/mol. The van der Waals surface area contributed by atoms with Crippen LogP contribution in [0.4, 0.5) is 5.69 Å². The lowest BCUT2D eigenvalue weighted by molar-refractivity contribution is -0.121. The Kier molecular flexibility index (Phi) is 8.36. The predicted molar refractivity (Wildman–Crippen MR) is 107 cm³/mol. The number of amides is 2. The lowest BCUT2D eigenvalue weighted by Crippen LogP contribution is -2.29. The van der Waals surface area contributed by atoms with Gasteiger partial charge in [0.15, 0.2) is 5.76 Å². The molecule has 0 bridgehead atoms. The first-order valence-corrected chi connectivity index (χ1v) is 9.12. The summed E-state index contributed by atoms with van der Waals surface area (Å²) in [5, 5.41) is 9.07. The molecule has 1 saturated heterocycles. The zero-order valence-electron chi connectivity index (χ0n) is 15.2. The van der Waals surface area contributed by atoms with Gasteiger partial charge in [-0.1, -0.05) is 12.1 Å². The zero-order chi connectivity index (χ0) is 18.2. The summed E-state index contributed by atoms with van der Waals surface area (Å²) < 4.78 is 5.06. The van der Waals surface area contributed by atoms with Crippen molar-refractivity contribution in [3.63, 3.8) is 0 Å². The minimum absolute atomic E-state index is 0. The molecule has 0 unspecified atom stereocenters. The molecule has 0 aliphatic carbocycles. The van der Waals surface area contributed by atoms with Crippen LogP contribution in [0.15, 0.2) is 47.1 Å². The number of rotatable bonds is 7. The number of anilines is 1. The summed E-state index contributed by atoms with van der Waals surface area (Å²) in [4.78, 5) is 23.9. The number of benzene rings is 1. The molecule has 3 rings (SSSR count). The van der Waals surface area contributed by atoms with Crippen molar-refractivity contribution >= 4 is 29.9 Å². The van der Waals surface area contributed by atoms with Gasteiger partial charge in [-0.3, -0.25) is 9.59 Å². The van der Waals surface area contributed by atoms with E-state index < -0.39 is 0 Å². The summed E-state index contributed by atoms with van der Waals surface area (Å²) in [6.45, 7) is 2.63. The van der Waals surface area contributed by atoms with E-state index in [1.54, 1.807) is 12.1 Å². The number of hydrogen-bond donors (Lipinski definition) is 3. The minimum Gasteiger partial charge on any atom is -0.459 e. The molecule has 146 valence electrons. The molecule has 2 heterocycles. The summed E-state index contributed by atoms with van der Waals surface area (Å²) in [6.07, 6.45) is 5.34. The van der Waals surface area contributed by atoms with E-state index in [9.17, 15) is 9.59 Å². The van der Waals surface area contributed by atoms with Gasteiger partial charge in [0.25, 0.3) is 5.91 Å². The minimum atomic E-state index is -0.283. The largest absolute Gasteiger partial charge is 0.459 e. The number of furan rings is 1. The molecule has 1 aliphatic rings. The zero-order valence-corrected chi connectivity index (χ0v) is 16.0. The van der Waals surface area contributed by atoms with Gasteiger partial charge in [-0.15, -0.1) is 12.4 Å². The third-order valence-corrected chi connectivity index (χ3v) is 4.68. The highest BCUT2D eigenvalue weighted by Gasteiger charge is 2.14.